The average molecular weight is 647 g/mol. The van der Waals surface area contributed by atoms with Crippen LogP contribution in [0, 0.1) is 11.6 Å². The number of benzene rings is 3. The summed E-state index contributed by atoms with van der Waals surface area (Å²) >= 11 is 7.44. The number of hydrogen-bond donors (Lipinski definition) is 0. The largest absolute Gasteiger partial charge is 0.496 e. The van der Waals surface area contributed by atoms with Gasteiger partial charge in [-0.05, 0) is 87.3 Å². The molecule has 0 atom stereocenters. The van der Waals surface area contributed by atoms with Crippen molar-refractivity contribution in [1.29, 1.82) is 0 Å². The molecule has 3 aromatic carbocycles. The van der Waals surface area contributed by atoms with Crippen molar-refractivity contribution in [3.8, 4) is 16.9 Å². The first-order valence-corrected chi connectivity index (χ1v) is 17.0. The molecule has 1 aliphatic rings. The van der Waals surface area contributed by atoms with E-state index in [0.29, 0.717) is 11.8 Å². The van der Waals surface area contributed by atoms with E-state index in [1.165, 1.54) is 0 Å². The lowest BCUT2D eigenvalue weighted by Crippen LogP contribution is -2.44. The molecule has 11 heteroatoms. The summed E-state index contributed by atoms with van der Waals surface area (Å²) in [5.41, 5.74) is 2.37. The highest BCUT2D eigenvalue weighted by Gasteiger charge is 2.33. The van der Waals surface area contributed by atoms with Gasteiger partial charge in [-0.1, -0.05) is 29.8 Å². The second kappa shape index (κ2) is 12.5. The van der Waals surface area contributed by atoms with Crippen LogP contribution in [0.4, 0.5) is 8.78 Å². The molecular formula is C32H33ClF2N2O4S2. The zero-order chi connectivity index (χ0) is 31.1. The first-order valence-electron chi connectivity index (χ1n) is 13.9. The van der Waals surface area contributed by atoms with E-state index in [-0.39, 0.29) is 43.4 Å². The van der Waals surface area contributed by atoms with Crippen LogP contribution in [-0.4, -0.2) is 63.7 Å². The van der Waals surface area contributed by atoms with E-state index in [4.69, 9.17) is 16.3 Å². The maximum absolute atomic E-state index is 14.7. The van der Waals surface area contributed by atoms with Crippen LogP contribution in [-0.2, 0) is 16.4 Å². The van der Waals surface area contributed by atoms with Crippen LogP contribution >= 0.6 is 22.9 Å². The minimum absolute atomic E-state index is 0.0155. The number of halogens is 3. The van der Waals surface area contributed by atoms with Gasteiger partial charge in [0.2, 0.25) is 0 Å². The van der Waals surface area contributed by atoms with E-state index in [0.717, 1.165) is 72.1 Å². The van der Waals surface area contributed by atoms with Crippen molar-refractivity contribution in [3.05, 3.63) is 81.7 Å². The lowest BCUT2D eigenvalue weighted by Gasteiger charge is -2.39. The van der Waals surface area contributed by atoms with Crippen LogP contribution in [0.2, 0.25) is 5.02 Å². The van der Waals surface area contributed by atoms with Crippen LogP contribution < -0.4 is 4.74 Å². The van der Waals surface area contributed by atoms with E-state index in [2.05, 4.69) is 4.90 Å². The number of hydrogen-bond acceptors (Lipinski definition) is 6. The summed E-state index contributed by atoms with van der Waals surface area (Å²) < 4.78 is 58.9. The Morgan fingerprint density at radius 1 is 0.953 bits per heavy atom. The highest BCUT2D eigenvalue weighted by Crippen LogP contribution is 2.41. The highest BCUT2D eigenvalue weighted by atomic mass is 35.5. The van der Waals surface area contributed by atoms with Gasteiger partial charge in [-0.3, -0.25) is 4.79 Å². The van der Waals surface area contributed by atoms with E-state index in [1.54, 1.807) is 36.3 Å². The molecule has 1 heterocycles. The maximum atomic E-state index is 14.7. The molecule has 0 aliphatic heterocycles. The summed E-state index contributed by atoms with van der Waals surface area (Å²) in [5, 5.41) is -0.163. The third-order valence-corrected chi connectivity index (χ3v) is 11.0. The Kier molecular flexibility index (Phi) is 9.13. The average Bonchev–Trinajstić information content (AvgIpc) is 3.35. The van der Waals surface area contributed by atoms with Crippen molar-refractivity contribution < 1.29 is 26.7 Å². The van der Waals surface area contributed by atoms with Crippen LogP contribution in [0.25, 0.3) is 21.2 Å². The normalized spacial score (nSPS) is 17.4. The molecule has 0 unspecified atom stereocenters. The Morgan fingerprint density at radius 3 is 2.14 bits per heavy atom. The molecule has 228 valence electrons. The van der Waals surface area contributed by atoms with Gasteiger partial charge in [-0.25, -0.2) is 17.2 Å². The van der Waals surface area contributed by atoms with Crippen molar-refractivity contribution in [3.63, 3.8) is 0 Å². The van der Waals surface area contributed by atoms with Gasteiger partial charge in [0.25, 0.3) is 5.91 Å². The molecule has 1 aromatic heterocycles. The molecule has 43 heavy (non-hydrogen) atoms. The minimum Gasteiger partial charge on any atom is -0.496 e. The summed E-state index contributed by atoms with van der Waals surface area (Å²) in [5.74, 6) is -1.11. The van der Waals surface area contributed by atoms with Crippen LogP contribution in [0.5, 0.6) is 5.75 Å². The van der Waals surface area contributed by atoms with Crippen molar-refractivity contribution in [2.24, 2.45) is 0 Å². The zero-order valence-corrected chi connectivity index (χ0v) is 26.8. The highest BCUT2D eigenvalue weighted by molar-refractivity contribution is 7.90. The molecule has 0 N–H and O–H groups in total. The van der Waals surface area contributed by atoms with Gasteiger partial charge < -0.3 is 14.5 Å². The Hall–Kier alpha value is -3.05. The fourth-order valence-corrected chi connectivity index (χ4v) is 7.91. The number of rotatable bonds is 8. The predicted octanol–water partition coefficient (Wildman–Crippen LogP) is 7.43. The van der Waals surface area contributed by atoms with Crippen molar-refractivity contribution >= 4 is 48.8 Å². The third-order valence-electron chi connectivity index (χ3n) is 8.21. The van der Waals surface area contributed by atoms with Gasteiger partial charge in [0.15, 0.2) is 9.84 Å². The van der Waals surface area contributed by atoms with Crippen LogP contribution in [0.3, 0.4) is 0 Å². The number of sulfone groups is 1. The van der Waals surface area contributed by atoms with Crippen LogP contribution in [0.1, 0.15) is 40.9 Å². The van der Waals surface area contributed by atoms with Crippen molar-refractivity contribution in [2.45, 2.75) is 49.2 Å². The molecule has 6 nitrogen and oxygen atoms in total. The molecule has 1 aliphatic carbocycles. The van der Waals surface area contributed by atoms with Crippen molar-refractivity contribution in [1.82, 2.24) is 9.80 Å². The Balaban J connectivity index is 1.55. The summed E-state index contributed by atoms with van der Waals surface area (Å²) in [4.78, 5) is 18.5. The Morgan fingerprint density at radius 2 is 1.56 bits per heavy atom. The molecule has 0 spiro atoms. The number of carbonyl (C=O) groups is 1. The summed E-state index contributed by atoms with van der Waals surface area (Å²) in [6.07, 6.45) is 4.48. The molecule has 5 rings (SSSR count). The lowest BCUT2D eigenvalue weighted by molar-refractivity contribution is 0.0573. The second-order valence-electron chi connectivity index (χ2n) is 11.2. The number of ether oxygens (including phenoxy) is 1. The molecule has 0 saturated heterocycles. The van der Waals surface area contributed by atoms with Crippen molar-refractivity contribution in [2.75, 3.05) is 27.5 Å². The summed E-state index contributed by atoms with van der Waals surface area (Å²) in [6.45, 7) is 0.185. The Bertz CT molecular complexity index is 1770. The van der Waals surface area contributed by atoms with Gasteiger partial charge in [0.05, 0.1) is 27.1 Å². The number of methoxy groups -OCH3 is 1. The van der Waals surface area contributed by atoms with Gasteiger partial charge in [0.1, 0.15) is 22.3 Å². The van der Waals surface area contributed by atoms with Gasteiger partial charge >= 0.3 is 0 Å². The number of thiophene rings is 1. The fraction of sp³-hybridized carbons (Fsp3) is 0.344. The standard InChI is InChI=1S/C32H33ClF2N2O4S2/c1-36(2)22-8-10-23(11-9-22)37(32(38)31-29(33)28-25(34)14-15-26(35)30(28)42-31)18-21-17-20(7-16-27(21)41-3)19-5-12-24(13-6-19)43(4,39)40/h5-7,12-17,22-23H,8-11,18H2,1-4H3. The number of amides is 1. The predicted molar refractivity (Wildman–Crippen MR) is 168 cm³/mol. The maximum Gasteiger partial charge on any atom is 0.266 e. The SMILES string of the molecule is COc1ccc(-c2ccc(S(C)(=O)=O)cc2)cc1CN(C(=O)c1sc2c(F)ccc(F)c2c1Cl)C1CCC(N(C)C)CC1. The van der Waals surface area contributed by atoms with E-state index in [9.17, 15) is 22.0 Å². The van der Waals surface area contributed by atoms with E-state index < -0.39 is 21.5 Å². The number of nitrogens with zero attached hydrogens (tertiary/aromatic N) is 2. The molecule has 1 amide bonds. The molecule has 1 fully saturated rings. The summed E-state index contributed by atoms with van der Waals surface area (Å²) in [7, 11) is 2.32. The molecule has 1 saturated carbocycles. The lowest BCUT2D eigenvalue weighted by atomic mass is 9.89. The number of fused-ring (bicyclic) bond motifs is 1. The monoisotopic (exact) mass is 646 g/mol. The fourth-order valence-electron chi connectivity index (χ4n) is 5.78. The smallest absolute Gasteiger partial charge is 0.266 e. The van der Waals surface area contributed by atoms with E-state index in [1.807, 2.05) is 32.3 Å². The second-order valence-corrected chi connectivity index (χ2v) is 14.6. The Labute approximate surface area is 259 Å². The first-order chi connectivity index (χ1) is 20.4. The quantitative estimate of drug-likeness (QED) is 0.199. The molecular weight excluding hydrogens is 614 g/mol. The molecule has 0 radical (unpaired) electrons. The number of carbonyl (C=O) groups excluding carboxylic acids is 1. The topological polar surface area (TPSA) is 66.9 Å². The van der Waals surface area contributed by atoms with Gasteiger partial charge in [-0.15, -0.1) is 11.3 Å². The van der Waals surface area contributed by atoms with Gasteiger partial charge in [-0.2, -0.15) is 0 Å². The molecule has 0 bridgehead atoms. The van der Waals surface area contributed by atoms with Crippen LogP contribution in [0.15, 0.2) is 59.5 Å². The first kappa shape index (κ1) is 31.4. The third kappa shape index (κ3) is 6.43. The van der Waals surface area contributed by atoms with E-state index >= 15 is 0 Å². The molecule has 4 aromatic rings. The minimum atomic E-state index is -3.34. The zero-order valence-electron chi connectivity index (χ0n) is 24.4. The van der Waals surface area contributed by atoms with Gasteiger partial charge in [0, 0.05) is 30.4 Å². The summed E-state index contributed by atoms with van der Waals surface area (Å²) in [6, 6.07) is 14.6.